The van der Waals surface area contributed by atoms with E-state index in [-0.39, 0.29) is 34.2 Å². The van der Waals surface area contributed by atoms with Gasteiger partial charge < -0.3 is 10.2 Å². The molecule has 2 aromatic rings. The third-order valence-electron chi connectivity index (χ3n) is 5.46. The fourth-order valence-corrected chi connectivity index (χ4v) is 4.62. The van der Waals surface area contributed by atoms with Crippen LogP contribution in [0.5, 0.6) is 0 Å². The van der Waals surface area contributed by atoms with E-state index in [1.54, 1.807) is 6.92 Å². The summed E-state index contributed by atoms with van der Waals surface area (Å²) in [5.41, 5.74) is 1.92. The first-order valence-corrected chi connectivity index (χ1v) is 13.5. The monoisotopic (exact) mass is 527 g/mol. The van der Waals surface area contributed by atoms with Crippen LogP contribution in [0.2, 0.25) is 10.0 Å². The van der Waals surface area contributed by atoms with E-state index in [4.69, 9.17) is 23.2 Å². The molecule has 0 aromatic heterocycles. The highest BCUT2D eigenvalue weighted by atomic mass is 35.5. The van der Waals surface area contributed by atoms with Crippen LogP contribution in [0.15, 0.2) is 42.5 Å². The van der Waals surface area contributed by atoms with Crippen molar-refractivity contribution in [3.8, 4) is 0 Å². The first-order valence-electron chi connectivity index (χ1n) is 10.9. The molecule has 0 heterocycles. The average molecular weight is 529 g/mol. The predicted molar refractivity (Wildman–Crippen MR) is 138 cm³/mol. The van der Waals surface area contributed by atoms with Crippen LogP contribution in [0.25, 0.3) is 0 Å². The van der Waals surface area contributed by atoms with E-state index in [2.05, 4.69) is 5.32 Å². The van der Waals surface area contributed by atoms with Gasteiger partial charge in [-0.1, -0.05) is 60.0 Å². The second-order valence-electron chi connectivity index (χ2n) is 8.37. The van der Waals surface area contributed by atoms with Crippen LogP contribution in [0.1, 0.15) is 38.3 Å². The number of aryl methyl sites for hydroxylation is 1. The molecule has 34 heavy (non-hydrogen) atoms. The van der Waals surface area contributed by atoms with Crippen LogP contribution in [0.4, 0.5) is 5.69 Å². The summed E-state index contributed by atoms with van der Waals surface area (Å²) in [6.45, 7) is 6.99. The summed E-state index contributed by atoms with van der Waals surface area (Å²) >= 11 is 12.3. The first-order chi connectivity index (χ1) is 15.8. The van der Waals surface area contributed by atoms with Gasteiger partial charge in [-0.05, 0) is 51.0 Å². The molecule has 0 fully saturated rings. The highest BCUT2D eigenvalue weighted by Gasteiger charge is 2.31. The molecule has 0 radical (unpaired) electrons. The molecule has 0 saturated heterocycles. The lowest BCUT2D eigenvalue weighted by molar-refractivity contribution is -0.139. The highest BCUT2D eigenvalue weighted by molar-refractivity contribution is 7.92. The van der Waals surface area contributed by atoms with Crippen molar-refractivity contribution in [2.24, 2.45) is 0 Å². The lowest BCUT2D eigenvalue weighted by Crippen LogP contribution is -2.52. The Morgan fingerprint density at radius 3 is 2.35 bits per heavy atom. The molecule has 0 spiro atoms. The summed E-state index contributed by atoms with van der Waals surface area (Å²) in [4.78, 5) is 27.8. The molecule has 0 bridgehead atoms. The Kier molecular flexibility index (Phi) is 9.79. The van der Waals surface area contributed by atoms with Crippen molar-refractivity contribution in [1.82, 2.24) is 10.2 Å². The van der Waals surface area contributed by atoms with Gasteiger partial charge >= 0.3 is 0 Å². The zero-order chi connectivity index (χ0) is 25.6. The number of benzene rings is 2. The topological polar surface area (TPSA) is 86.8 Å². The number of halogens is 2. The van der Waals surface area contributed by atoms with Gasteiger partial charge in [-0.2, -0.15) is 0 Å². The van der Waals surface area contributed by atoms with E-state index in [0.717, 1.165) is 28.1 Å². The van der Waals surface area contributed by atoms with Crippen molar-refractivity contribution < 1.29 is 18.0 Å². The van der Waals surface area contributed by atoms with E-state index < -0.39 is 28.5 Å². The Bertz CT molecular complexity index is 1140. The van der Waals surface area contributed by atoms with Crippen LogP contribution < -0.4 is 9.62 Å². The maximum atomic E-state index is 13.5. The van der Waals surface area contributed by atoms with E-state index in [1.807, 2.05) is 45.0 Å². The zero-order valence-electron chi connectivity index (χ0n) is 20.0. The minimum atomic E-state index is -3.89. The highest BCUT2D eigenvalue weighted by Crippen LogP contribution is 2.31. The summed E-state index contributed by atoms with van der Waals surface area (Å²) in [6, 6.07) is 11.1. The van der Waals surface area contributed by atoms with Crippen LogP contribution in [0, 0.1) is 6.92 Å². The number of nitrogens with zero attached hydrogens (tertiary/aromatic N) is 2. The van der Waals surface area contributed by atoms with E-state index in [9.17, 15) is 18.0 Å². The standard InChI is InChI=1S/C24H31Cl2N3O4S/c1-6-17(3)27-24(31)18(4)28(14-19-9-7-8-16(2)12-19)23(30)15-29(34(5,32)33)22-13-20(25)10-11-21(22)26/h7-13,17-18H,6,14-15H2,1-5H3,(H,27,31)/t17-,18-/m0/s1. The van der Waals surface area contributed by atoms with Gasteiger partial charge in [-0.25, -0.2) is 8.42 Å². The minimum Gasteiger partial charge on any atom is -0.352 e. The quantitative estimate of drug-likeness (QED) is 0.495. The molecular weight excluding hydrogens is 497 g/mol. The number of anilines is 1. The van der Waals surface area contributed by atoms with Gasteiger partial charge in [0.1, 0.15) is 12.6 Å². The molecule has 186 valence electrons. The van der Waals surface area contributed by atoms with Gasteiger partial charge in [0.15, 0.2) is 0 Å². The number of nitrogens with one attached hydrogen (secondary N) is 1. The van der Waals surface area contributed by atoms with E-state index >= 15 is 0 Å². The van der Waals surface area contributed by atoms with Crippen molar-refractivity contribution in [2.45, 2.75) is 52.7 Å². The average Bonchev–Trinajstić information content (AvgIpc) is 2.76. The number of hydrogen-bond donors (Lipinski definition) is 1. The molecule has 0 aliphatic heterocycles. The zero-order valence-corrected chi connectivity index (χ0v) is 22.3. The molecular formula is C24H31Cl2N3O4S. The SMILES string of the molecule is CC[C@H](C)NC(=O)[C@H](C)N(Cc1cccc(C)c1)C(=O)CN(c1cc(Cl)ccc1Cl)S(C)(=O)=O. The lowest BCUT2D eigenvalue weighted by Gasteiger charge is -2.32. The van der Waals surface area contributed by atoms with Gasteiger partial charge in [0.2, 0.25) is 21.8 Å². The fraction of sp³-hybridized carbons (Fsp3) is 0.417. The molecule has 10 heteroatoms. The summed E-state index contributed by atoms with van der Waals surface area (Å²) < 4.78 is 26.1. The summed E-state index contributed by atoms with van der Waals surface area (Å²) in [6.07, 6.45) is 1.72. The molecule has 2 rings (SSSR count). The maximum Gasteiger partial charge on any atom is 0.244 e. The predicted octanol–water partition coefficient (Wildman–Crippen LogP) is 4.40. The summed E-state index contributed by atoms with van der Waals surface area (Å²) in [5.74, 6) is -0.864. The molecule has 0 saturated carbocycles. The Morgan fingerprint density at radius 2 is 1.76 bits per heavy atom. The molecule has 2 atom stereocenters. The molecule has 0 aliphatic rings. The number of carbonyl (C=O) groups excluding carboxylic acids is 2. The number of rotatable bonds is 10. The second kappa shape index (κ2) is 11.9. The van der Waals surface area contributed by atoms with Crippen molar-refractivity contribution >= 4 is 50.7 Å². The third kappa shape index (κ3) is 7.61. The Hall–Kier alpha value is -2.29. The number of hydrogen-bond acceptors (Lipinski definition) is 4. The number of amides is 2. The molecule has 2 aromatic carbocycles. The van der Waals surface area contributed by atoms with Crippen molar-refractivity contribution in [3.05, 3.63) is 63.6 Å². The molecule has 0 unspecified atom stereocenters. The smallest absolute Gasteiger partial charge is 0.244 e. The van der Waals surface area contributed by atoms with Crippen LogP contribution in [-0.2, 0) is 26.2 Å². The van der Waals surface area contributed by atoms with Gasteiger partial charge in [-0.3, -0.25) is 13.9 Å². The van der Waals surface area contributed by atoms with Crippen molar-refractivity contribution in [2.75, 3.05) is 17.1 Å². The molecule has 2 amide bonds. The van der Waals surface area contributed by atoms with Gasteiger partial charge in [0.05, 0.1) is 17.0 Å². The summed E-state index contributed by atoms with van der Waals surface area (Å²) in [7, 11) is -3.89. The van der Waals surface area contributed by atoms with Gasteiger partial charge in [0.25, 0.3) is 0 Å². The van der Waals surface area contributed by atoms with Gasteiger partial charge in [0, 0.05) is 17.6 Å². The molecule has 7 nitrogen and oxygen atoms in total. The largest absolute Gasteiger partial charge is 0.352 e. The Balaban J connectivity index is 2.43. The van der Waals surface area contributed by atoms with Gasteiger partial charge in [-0.15, -0.1) is 0 Å². The summed E-state index contributed by atoms with van der Waals surface area (Å²) in [5, 5.41) is 3.30. The van der Waals surface area contributed by atoms with Crippen LogP contribution in [-0.4, -0.2) is 50.0 Å². The lowest BCUT2D eigenvalue weighted by atomic mass is 10.1. The van der Waals surface area contributed by atoms with E-state index in [1.165, 1.54) is 23.1 Å². The Labute approximate surface area is 212 Å². The van der Waals surface area contributed by atoms with Crippen LogP contribution in [0.3, 0.4) is 0 Å². The fourth-order valence-electron chi connectivity index (χ4n) is 3.33. The second-order valence-corrected chi connectivity index (χ2v) is 11.1. The van der Waals surface area contributed by atoms with E-state index in [0.29, 0.717) is 0 Å². The molecule has 1 N–H and O–H groups in total. The van der Waals surface area contributed by atoms with Crippen molar-refractivity contribution in [3.63, 3.8) is 0 Å². The number of carbonyl (C=O) groups is 2. The normalized spacial score (nSPS) is 13.1. The minimum absolute atomic E-state index is 0.0661. The third-order valence-corrected chi connectivity index (χ3v) is 7.14. The Morgan fingerprint density at radius 1 is 1.09 bits per heavy atom. The maximum absolute atomic E-state index is 13.5. The van der Waals surface area contributed by atoms with Crippen molar-refractivity contribution in [1.29, 1.82) is 0 Å². The number of sulfonamides is 1. The van der Waals surface area contributed by atoms with Crippen LogP contribution >= 0.6 is 23.2 Å². The molecule has 0 aliphatic carbocycles. The first kappa shape index (κ1) is 28.0.